The van der Waals surface area contributed by atoms with Gasteiger partial charge in [-0.3, -0.25) is 9.78 Å². The van der Waals surface area contributed by atoms with E-state index < -0.39 is 5.97 Å². The summed E-state index contributed by atoms with van der Waals surface area (Å²) >= 11 is 0. The number of phenolic OH excluding ortho intramolecular Hbond substituents is 1. The highest BCUT2D eigenvalue weighted by atomic mass is 16.4. The Morgan fingerprint density at radius 1 is 1.18 bits per heavy atom. The zero-order valence-corrected chi connectivity index (χ0v) is 9.00. The quantitative estimate of drug-likeness (QED) is 0.845. The molecule has 0 aliphatic heterocycles. The lowest BCUT2D eigenvalue weighted by Gasteiger charge is -2.03. The molecule has 0 spiro atoms. The van der Waals surface area contributed by atoms with Crippen molar-refractivity contribution in [3.05, 3.63) is 48.3 Å². The van der Waals surface area contributed by atoms with E-state index >= 15 is 0 Å². The van der Waals surface area contributed by atoms with Gasteiger partial charge in [0.15, 0.2) is 0 Å². The number of benzene rings is 1. The molecule has 1 aromatic carbocycles. The molecule has 0 fully saturated rings. The molecule has 0 amide bonds. The van der Waals surface area contributed by atoms with Crippen LogP contribution in [0.15, 0.2) is 42.6 Å². The lowest BCUT2D eigenvalue weighted by molar-refractivity contribution is -0.136. The first-order chi connectivity index (χ1) is 8.15. The smallest absolute Gasteiger partial charge is 0.309 e. The normalized spacial score (nSPS) is 10.1. The molecular weight excluding hydrogens is 218 g/mol. The van der Waals surface area contributed by atoms with Crippen LogP contribution in [0.1, 0.15) is 5.69 Å². The highest BCUT2D eigenvalue weighted by Crippen LogP contribution is 2.22. The van der Waals surface area contributed by atoms with Gasteiger partial charge < -0.3 is 10.2 Å². The van der Waals surface area contributed by atoms with Crippen LogP contribution in [0.5, 0.6) is 5.75 Å². The zero-order valence-electron chi connectivity index (χ0n) is 9.00. The number of carbonyl (C=O) groups is 1. The van der Waals surface area contributed by atoms with Gasteiger partial charge >= 0.3 is 5.97 Å². The summed E-state index contributed by atoms with van der Waals surface area (Å²) in [6.07, 6.45) is 1.52. The summed E-state index contributed by atoms with van der Waals surface area (Å²) in [5.74, 6) is -0.709. The summed E-state index contributed by atoms with van der Waals surface area (Å²) in [6, 6.07) is 10.3. The molecule has 0 bridgehead atoms. The van der Waals surface area contributed by atoms with Gasteiger partial charge in [-0.15, -0.1) is 0 Å². The fraction of sp³-hybridized carbons (Fsp3) is 0.0769. The number of pyridine rings is 1. The van der Waals surface area contributed by atoms with Crippen LogP contribution in [0, 0.1) is 0 Å². The maximum atomic E-state index is 10.5. The van der Waals surface area contributed by atoms with Gasteiger partial charge in [0.25, 0.3) is 0 Å². The van der Waals surface area contributed by atoms with E-state index in [9.17, 15) is 9.90 Å². The molecule has 2 aromatic rings. The number of carboxylic acid groups (broad SMARTS) is 1. The van der Waals surface area contributed by atoms with Crippen LogP contribution >= 0.6 is 0 Å². The van der Waals surface area contributed by atoms with E-state index in [1.54, 1.807) is 36.5 Å². The zero-order chi connectivity index (χ0) is 12.3. The summed E-state index contributed by atoms with van der Waals surface area (Å²) < 4.78 is 0. The third-order valence-electron chi connectivity index (χ3n) is 2.34. The Hall–Kier alpha value is -2.36. The van der Waals surface area contributed by atoms with E-state index in [2.05, 4.69) is 4.98 Å². The Morgan fingerprint density at radius 2 is 2.00 bits per heavy atom. The molecule has 0 saturated carbocycles. The van der Waals surface area contributed by atoms with Gasteiger partial charge in [-0.1, -0.05) is 18.2 Å². The molecule has 4 nitrogen and oxygen atoms in total. The van der Waals surface area contributed by atoms with Crippen molar-refractivity contribution in [3.8, 4) is 16.9 Å². The van der Waals surface area contributed by atoms with Crippen LogP contribution in [-0.2, 0) is 11.2 Å². The molecule has 86 valence electrons. The number of nitrogens with zero attached hydrogens (tertiary/aromatic N) is 1. The maximum absolute atomic E-state index is 10.5. The predicted molar refractivity (Wildman–Crippen MR) is 62.7 cm³/mol. The van der Waals surface area contributed by atoms with E-state index in [0.717, 1.165) is 11.1 Å². The fourth-order valence-electron chi connectivity index (χ4n) is 1.54. The molecule has 0 aliphatic carbocycles. The van der Waals surface area contributed by atoms with Gasteiger partial charge in [0.05, 0.1) is 12.1 Å². The topological polar surface area (TPSA) is 70.4 Å². The monoisotopic (exact) mass is 229 g/mol. The Kier molecular flexibility index (Phi) is 3.05. The van der Waals surface area contributed by atoms with Crippen LogP contribution in [0.25, 0.3) is 11.1 Å². The SMILES string of the molecule is O=C(O)Cc1ccc(-c2cccc(O)c2)cn1. The Balaban J connectivity index is 2.26. The molecule has 2 N–H and O–H groups in total. The average molecular weight is 229 g/mol. The number of aliphatic carboxylic acids is 1. The maximum Gasteiger partial charge on any atom is 0.309 e. The van der Waals surface area contributed by atoms with E-state index in [-0.39, 0.29) is 12.2 Å². The molecule has 0 aliphatic rings. The lowest BCUT2D eigenvalue weighted by atomic mass is 10.1. The minimum Gasteiger partial charge on any atom is -0.508 e. The second kappa shape index (κ2) is 4.65. The highest BCUT2D eigenvalue weighted by molar-refractivity contribution is 5.70. The van der Waals surface area contributed by atoms with Crippen LogP contribution in [0.3, 0.4) is 0 Å². The first-order valence-corrected chi connectivity index (χ1v) is 5.11. The van der Waals surface area contributed by atoms with E-state index in [1.165, 1.54) is 0 Å². The third kappa shape index (κ3) is 2.81. The lowest BCUT2D eigenvalue weighted by Crippen LogP contribution is -2.01. The largest absolute Gasteiger partial charge is 0.508 e. The standard InChI is InChI=1S/C13H11NO3/c15-12-3-1-2-9(6-12)10-4-5-11(14-8-10)7-13(16)17/h1-6,8,15H,7H2,(H,16,17). The number of hydrogen-bond acceptors (Lipinski definition) is 3. The Morgan fingerprint density at radius 3 is 2.59 bits per heavy atom. The van der Waals surface area contributed by atoms with Crippen molar-refractivity contribution in [3.63, 3.8) is 0 Å². The molecule has 0 saturated heterocycles. The minimum atomic E-state index is -0.900. The summed E-state index contributed by atoms with van der Waals surface area (Å²) in [5.41, 5.74) is 2.20. The van der Waals surface area contributed by atoms with Crippen LogP contribution < -0.4 is 0 Å². The number of carboxylic acids is 1. The molecular formula is C13H11NO3. The molecule has 4 heteroatoms. The predicted octanol–water partition coefficient (Wildman–Crippen LogP) is 2.08. The van der Waals surface area contributed by atoms with E-state index in [1.807, 2.05) is 6.07 Å². The summed E-state index contributed by atoms with van der Waals surface area (Å²) in [6.45, 7) is 0. The van der Waals surface area contributed by atoms with Crippen molar-refractivity contribution in [2.75, 3.05) is 0 Å². The Bertz CT molecular complexity index is 535. The van der Waals surface area contributed by atoms with Crippen LogP contribution in [-0.4, -0.2) is 21.2 Å². The second-order valence-electron chi connectivity index (χ2n) is 3.66. The number of hydrogen-bond donors (Lipinski definition) is 2. The van der Waals surface area contributed by atoms with Gasteiger partial charge in [-0.05, 0) is 23.8 Å². The molecule has 2 rings (SSSR count). The summed E-state index contributed by atoms with van der Waals surface area (Å²) in [4.78, 5) is 14.6. The van der Waals surface area contributed by atoms with Crippen molar-refractivity contribution < 1.29 is 15.0 Å². The minimum absolute atomic E-state index is 0.0830. The van der Waals surface area contributed by atoms with Crippen molar-refractivity contribution in [2.45, 2.75) is 6.42 Å². The highest BCUT2D eigenvalue weighted by Gasteiger charge is 2.03. The van der Waals surface area contributed by atoms with Crippen molar-refractivity contribution in [1.82, 2.24) is 4.98 Å². The van der Waals surface area contributed by atoms with Crippen molar-refractivity contribution in [2.24, 2.45) is 0 Å². The van der Waals surface area contributed by atoms with Gasteiger partial charge in [-0.25, -0.2) is 0 Å². The van der Waals surface area contributed by atoms with Gasteiger partial charge in [-0.2, -0.15) is 0 Å². The Labute approximate surface area is 98.2 Å². The van der Waals surface area contributed by atoms with Gasteiger partial charge in [0.1, 0.15) is 5.75 Å². The van der Waals surface area contributed by atoms with E-state index in [0.29, 0.717) is 5.69 Å². The molecule has 1 heterocycles. The number of aromatic hydroxyl groups is 1. The van der Waals surface area contributed by atoms with Crippen molar-refractivity contribution >= 4 is 5.97 Å². The van der Waals surface area contributed by atoms with Gasteiger partial charge in [0, 0.05) is 11.8 Å². The van der Waals surface area contributed by atoms with Crippen molar-refractivity contribution in [1.29, 1.82) is 0 Å². The number of phenols is 1. The van der Waals surface area contributed by atoms with E-state index in [4.69, 9.17) is 5.11 Å². The first kappa shape index (κ1) is 11.1. The van der Waals surface area contributed by atoms with Crippen LogP contribution in [0.4, 0.5) is 0 Å². The second-order valence-corrected chi connectivity index (χ2v) is 3.66. The summed E-state index contributed by atoms with van der Waals surface area (Å²) in [7, 11) is 0. The number of rotatable bonds is 3. The molecule has 0 radical (unpaired) electrons. The molecule has 0 unspecified atom stereocenters. The molecule has 0 atom stereocenters. The fourth-order valence-corrected chi connectivity index (χ4v) is 1.54. The average Bonchev–Trinajstić information content (AvgIpc) is 2.29. The van der Waals surface area contributed by atoms with Crippen LogP contribution in [0.2, 0.25) is 0 Å². The first-order valence-electron chi connectivity index (χ1n) is 5.11. The molecule has 1 aromatic heterocycles. The third-order valence-corrected chi connectivity index (χ3v) is 2.34. The van der Waals surface area contributed by atoms with Gasteiger partial charge in [0.2, 0.25) is 0 Å². The molecule has 17 heavy (non-hydrogen) atoms. The number of aromatic nitrogens is 1. The summed E-state index contributed by atoms with van der Waals surface area (Å²) in [5, 5.41) is 18.0.